The van der Waals surface area contributed by atoms with Gasteiger partial charge < -0.3 is 19.5 Å². The normalized spacial score (nSPS) is 19.7. The standard InChI is InChI=1S/C20H28N2O5/c1-26-15-5-6-16(17(13-15)27-2)18(20(24)25)21-11-7-14(8-12-21)19(23)22-9-3-4-10-22/h5-6,13-14,18H,3-4,7-12H2,1-2H3,(H,24,25)/t18-/m0/s1. The maximum absolute atomic E-state index is 12.6. The molecule has 0 spiro atoms. The van der Waals surface area contributed by atoms with Gasteiger partial charge in [0.15, 0.2) is 0 Å². The maximum Gasteiger partial charge on any atom is 0.325 e. The first-order valence-electron chi connectivity index (χ1n) is 9.52. The van der Waals surface area contributed by atoms with E-state index in [9.17, 15) is 14.7 Å². The molecule has 7 heteroatoms. The van der Waals surface area contributed by atoms with Crippen LogP contribution in [0.25, 0.3) is 0 Å². The van der Waals surface area contributed by atoms with Gasteiger partial charge in [-0.2, -0.15) is 0 Å². The van der Waals surface area contributed by atoms with Gasteiger partial charge in [-0.25, -0.2) is 0 Å². The van der Waals surface area contributed by atoms with Crippen LogP contribution in [-0.4, -0.2) is 67.2 Å². The molecule has 1 aromatic rings. The lowest BCUT2D eigenvalue weighted by atomic mass is 9.92. The molecule has 0 saturated carbocycles. The Balaban J connectivity index is 1.72. The monoisotopic (exact) mass is 376 g/mol. The summed E-state index contributed by atoms with van der Waals surface area (Å²) in [6.45, 7) is 2.88. The third-order valence-electron chi connectivity index (χ3n) is 5.63. The number of benzene rings is 1. The van der Waals surface area contributed by atoms with Crippen LogP contribution in [0.2, 0.25) is 0 Å². The number of hydrogen-bond acceptors (Lipinski definition) is 5. The minimum atomic E-state index is -0.914. The highest BCUT2D eigenvalue weighted by Gasteiger charge is 2.36. The zero-order chi connectivity index (χ0) is 19.4. The van der Waals surface area contributed by atoms with E-state index in [4.69, 9.17) is 9.47 Å². The Morgan fingerprint density at radius 3 is 2.30 bits per heavy atom. The fourth-order valence-corrected chi connectivity index (χ4v) is 4.13. The number of carbonyl (C=O) groups is 2. The van der Waals surface area contributed by atoms with Gasteiger partial charge in [0.1, 0.15) is 17.5 Å². The van der Waals surface area contributed by atoms with Crippen LogP contribution >= 0.6 is 0 Å². The molecule has 0 aliphatic carbocycles. The number of nitrogens with zero attached hydrogens (tertiary/aromatic N) is 2. The molecule has 2 fully saturated rings. The van der Waals surface area contributed by atoms with Gasteiger partial charge in [-0.1, -0.05) is 0 Å². The lowest BCUT2D eigenvalue weighted by Crippen LogP contribution is -2.44. The van der Waals surface area contributed by atoms with Crippen LogP contribution in [0.4, 0.5) is 0 Å². The smallest absolute Gasteiger partial charge is 0.325 e. The van der Waals surface area contributed by atoms with Crippen molar-refractivity contribution in [1.82, 2.24) is 9.80 Å². The number of piperidine rings is 1. The molecular weight excluding hydrogens is 348 g/mol. The predicted octanol–water partition coefficient (Wildman–Crippen LogP) is 2.16. The van der Waals surface area contributed by atoms with Gasteiger partial charge in [0.2, 0.25) is 5.91 Å². The van der Waals surface area contributed by atoms with E-state index in [-0.39, 0.29) is 11.8 Å². The highest BCUT2D eigenvalue weighted by molar-refractivity contribution is 5.79. The Bertz CT molecular complexity index is 679. The molecule has 0 unspecified atom stereocenters. The third kappa shape index (κ3) is 4.18. The summed E-state index contributed by atoms with van der Waals surface area (Å²) < 4.78 is 10.6. The quantitative estimate of drug-likeness (QED) is 0.820. The van der Waals surface area contributed by atoms with Crippen molar-refractivity contribution < 1.29 is 24.2 Å². The number of aliphatic carboxylic acids is 1. The van der Waals surface area contributed by atoms with E-state index < -0.39 is 12.0 Å². The summed E-state index contributed by atoms with van der Waals surface area (Å²) >= 11 is 0. The van der Waals surface area contributed by atoms with Crippen LogP contribution in [-0.2, 0) is 9.59 Å². The van der Waals surface area contributed by atoms with Gasteiger partial charge in [0.25, 0.3) is 0 Å². The van der Waals surface area contributed by atoms with Gasteiger partial charge in [0, 0.05) is 43.7 Å². The molecule has 27 heavy (non-hydrogen) atoms. The van der Waals surface area contributed by atoms with E-state index in [1.54, 1.807) is 25.3 Å². The summed E-state index contributed by atoms with van der Waals surface area (Å²) in [6.07, 6.45) is 3.56. The lowest BCUT2D eigenvalue weighted by molar-refractivity contribution is -0.145. The highest BCUT2D eigenvalue weighted by Crippen LogP contribution is 2.35. The fourth-order valence-electron chi connectivity index (χ4n) is 4.13. The summed E-state index contributed by atoms with van der Waals surface area (Å²) in [5, 5.41) is 9.87. The van der Waals surface area contributed by atoms with Crippen molar-refractivity contribution in [3.8, 4) is 11.5 Å². The molecule has 2 aliphatic heterocycles. The highest BCUT2D eigenvalue weighted by atomic mass is 16.5. The molecule has 3 rings (SSSR count). The minimum Gasteiger partial charge on any atom is -0.497 e. The van der Waals surface area contributed by atoms with Gasteiger partial charge in [-0.3, -0.25) is 14.5 Å². The molecule has 0 radical (unpaired) electrons. The van der Waals surface area contributed by atoms with Gasteiger partial charge in [-0.15, -0.1) is 0 Å². The molecule has 0 bridgehead atoms. The first-order valence-corrected chi connectivity index (χ1v) is 9.52. The molecule has 1 atom stereocenters. The maximum atomic E-state index is 12.6. The first-order chi connectivity index (χ1) is 13.0. The number of methoxy groups -OCH3 is 2. The average molecular weight is 376 g/mol. The molecule has 7 nitrogen and oxygen atoms in total. The molecule has 1 N–H and O–H groups in total. The van der Waals surface area contributed by atoms with Crippen molar-refractivity contribution in [2.45, 2.75) is 31.7 Å². The van der Waals surface area contributed by atoms with Crippen LogP contribution in [0.3, 0.4) is 0 Å². The number of carbonyl (C=O) groups excluding carboxylic acids is 1. The van der Waals surface area contributed by atoms with Crippen molar-refractivity contribution in [2.75, 3.05) is 40.4 Å². The zero-order valence-electron chi connectivity index (χ0n) is 16.0. The Labute approximate surface area is 159 Å². The summed E-state index contributed by atoms with van der Waals surface area (Å²) in [4.78, 5) is 28.5. The van der Waals surface area contributed by atoms with Crippen LogP contribution in [0.1, 0.15) is 37.3 Å². The fraction of sp³-hybridized carbons (Fsp3) is 0.600. The van der Waals surface area contributed by atoms with Crippen LogP contribution in [0.15, 0.2) is 18.2 Å². The minimum absolute atomic E-state index is 0.00607. The number of rotatable bonds is 6. The number of carboxylic acids is 1. The molecule has 0 aromatic heterocycles. The van der Waals surface area contributed by atoms with Crippen molar-refractivity contribution >= 4 is 11.9 Å². The number of hydrogen-bond donors (Lipinski definition) is 1. The Morgan fingerprint density at radius 1 is 1.07 bits per heavy atom. The Hall–Kier alpha value is -2.28. The van der Waals surface area contributed by atoms with E-state index in [2.05, 4.69) is 0 Å². The van der Waals surface area contributed by atoms with Crippen molar-refractivity contribution in [3.05, 3.63) is 23.8 Å². The third-order valence-corrected chi connectivity index (χ3v) is 5.63. The second kappa shape index (κ2) is 8.61. The predicted molar refractivity (Wildman–Crippen MR) is 100 cm³/mol. The van der Waals surface area contributed by atoms with Crippen LogP contribution in [0.5, 0.6) is 11.5 Å². The van der Waals surface area contributed by atoms with E-state index in [1.807, 2.05) is 9.80 Å². The van der Waals surface area contributed by atoms with E-state index in [1.165, 1.54) is 7.11 Å². The van der Waals surface area contributed by atoms with Crippen molar-refractivity contribution in [1.29, 1.82) is 0 Å². The SMILES string of the molecule is COc1ccc([C@@H](C(=O)O)N2CCC(C(=O)N3CCCC3)CC2)c(OC)c1. The largest absolute Gasteiger partial charge is 0.497 e. The van der Waals surface area contributed by atoms with Crippen LogP contribution in [0, 0.1) is 5.92 Å². The van der Waals surface area contributed by atoms with Crippen LogP contribution < -0.4 is 9.47 Å². The summed E-state index contributed by atoms with van der Waals surface area (Å²) in [5.74, 6) is 0.446. The second-order valence-electron chi connectivity index (χ2n) is 7.19. The summed E-state index contributed by atoms with van der Waals surface area (Å²) in [6, 6.07) is 4.40. The van der Waals surface area contributed by atoms with E-state index >= 15 is 0 Å². The van der Waals surface area contributed by atoms with Crippen molar-refractivity contribution in [2.24, 2.45) is 5.92 Å². The molecule has 148 valence electrons. The Morgan fingerprint density at radius 2 is 1.74 bits per heavy atom. The molecule has 1 amide bonds. The van der Waals surface area contributed by atoms with Gasteiger partial charge >= 0.3 is 5.97 Å². The molecular formula is C20H28N2O5. The summed E-state index contributed by atoms with van der Waals surface area (Å²) in [7, 11) is 3.09. The topological polar surface area (TPSA) is 79.3 Å². The molecule has 2 heterocycles. The van der Waals surface area contributed by atoms with Crippen molar-refractivity contribution in [3.63, 3.8) is 0 Å². The average Bonchev–Trinajstić information content (AvgIpc) is 3.23. The number of ether oxygens (including phenoxy) is 2. The zero-order valence-corrected chi connectivity index (χ0v) is 16.0. The number of carboxylic acid groups (broad SMARTS) is 1. The van der Waals surface area contributed by atoms with Gasteiger partial charge in [0.05, 0.1) is 14.2 Å². The first kappa shape index (κ1) is 19.5. The molecule has 2 saturated heterocycles. The number of likely N-dealkylation sites (tertiary alicyclic amines) is 2. The summed E-state index contributed by atoms with van der Waals surface area (Å²) in [5.41, 5.74) is 0.607. The Kier molecular flexibility index (Phi) is 6.21. The second-order valence-corrected chi connectivity index (χ2v) is 7.19. The van der Waals surface area contributed by atoms with Gasteiger partial charge in [-0.05, 0) is 37.8 Å². The van der Waals surface area contributed by atoms with E-state index in [0.717, 1.165) is 25.9 Å². The molecule has 2 aliphatic rings. The van der Waals surface area contributed by atoms with E-state index in [0.29, 0.717) is 43.0 Å². The lowest BCUT2D eigenvalue weighted by Gasteiger charge is -2.36. The number of amides is 1. The molecule has 1 aromatic carbocycles.